The molecular formula is C21H30O3. The van der Waals surface area contributed by atoms with E-state index < -0.39 is 17.5 Å². The summed E-state index contributed by atoms with van der Waals surface area (Å²) >= 11 is 0. The second kappa shape index (κ2) is 10.2. The zero-order valence-corrected chi connectivity index (χ0v) is 15.5. The van der Waals surface area contributed by atoms with E-state index >= 15 is 0 Å². The molecule has 132 valence electrons. The monoisotopic (exact) mass is 330 g/mol. The smallest absolute Gasteiger partial charge is 0.225 e. The van der Waals surface area contributed by atoms with Crippen molar-refractivity contribution in [3.8, 4) is 0 Å². The van der Waals surface area contributed by atoms with Gasteiger partial charge in [0.15, 0.2) is 5.78 Å². The molecule has 0 amide bonds. The average Bonchev–Trinajstić information content (AvgIpc) is 2.51. The van der Waals surface area contributed by atoms with Crippen molar-refractivity contribution in [2.24, 2.45) is 5.92 Å². The van der Waals surface area contributed by atoms with Gasteiger partial charge in [-0.2, -0.15) is 0 Å². The van der Waals surface area contributed by atoms with E-state index in [0.29, 0.717) is 18.4 Å². The van der Waals surface area contributed by atoms with Crippen molar-refractivity contribution in [2.75, 3.05) is 0 Å². The van der Waals surface area contributed by atoms with Crippen molar-refractivity contribution < 1.29 is 14.4 Å². The van der Waals surface area contributed by atoms with E-state index in [0.717, 1.165) is 37.7 Å². The summed E-state index contributed by atoms with van der Waals surface area (Å²) in [5, 5.41) is 0. The molecule has 0 aromatic heterocycles. The van der Waals surface area contributed by atoms with Gasteiger partial charge in [-0.25, -0.2) is 0 Å². The second-order valence-corrected chi connectivity index (χ2v) is 6.88. The number of allylic oxidation sites excluding steroid dienone is 6. The van der Waals surface area contributed by atoms with Crippen LogP contribution in [0.3, 0.4) is 0 Å². The molecule has 1 rings (SSSR count). The summed E-state index contributed by atoms with van der Waals surface area (Å²) in [6.07, 6.45) is 11.2. The first-order valence-electron chi connectivity index (χ1n) is 8.98. The number of rotatable bonds is 9. The van der Waals surface area contributed by atoms with Gasteiger partial charge in [0.25, 0.3) is 0 Å². The van der Waals surface area contributed by atoms with E-state index in [1.807, 2.05) is 13.0 Å². The van der Waals surface area contributed by atoms with Gasteiger partial charge in [-0.15, -0.1) is 0 Å². The highest BCUT2D eigenvalue weighted by atomic mass is 16.2. The number of hydrogen-bond donors (Lipinski definition) is 0. The van der Waals surface area contributed by atoms with Crippen LogP contribution in [0.4, 0.5) is 0 Å². The first kappa shape index (κ1) is 20.3. The summed E-state index contributed by atoms with van der Waals surface area (Å²) in [5.74, 6) is -2.00. The zero-order chi connectivity index (χ0) is 18.1. The van der Waals surface area contributed by atoms with Gasteiger partial charge in [0.2, 0.25) is 11.6 Å². The summed E-state index contributed by atoms with van der Waals surface area (Å²) in [6.45, 7) is 8.21. The van der Waals surface area contributed by atoms with Gasteiger partial charge in [-0.1, -0.05) is 43.1 Å². The molecule has 1 aliphatic rings. The fourth-order valence-corrected chi connectivity index (χ4v) is 2.77. The number of hydrogen-bond acceptors (Lipinski definition) is 3. The van der Waals surface area contributed by atoms with Crippen LogP contribution in [-0.4, -0.2) is 17.3 Å². The van der Waals surface area contributed by atoms with Crippen LogP contribution in [0, 0.1) is 5.92 Å². The Hall–Kier alpha value is -1.77. The first-order chi connectivity index (χ1) is 11.4. The second-order valence-electron chi connectivity index (χ2n) is 6.88. The minimum Gasteiger partial charge on any atom is -0.294 e. The molecule has 0 radical (unpaired) electrons. The molecule has 0 aromatic rings. The lowest BCUT2D eigenvalue weighted by atomic mass is 9.82. The highest BCUT2D eigenvalue weighted by Gasteiger charge is 2.35. The molecule has 0 heterocycles. The van der Waals surface area contributed by atoms with E-state index in [1.54, 1.807) is 0 Å². The maximum atomic E-state index is 12.2. The van der Waals surface area contributed by atoms with Gasteiger partial charge in [0.05, 0.1) is 5.92 Å². The molecule has 0 saturated heterocycles. The Morgan fingerprint density at radius 2 is 1.79 bits per heavy atom. The van der Waals surface area contributed by atoms with Gasteiger partial charge < -0.3 is 0 Å². The quantitative estimate of drug-likeness (QED) is 0.261. The van der Waals surface area contributed by atoms with Crippen LogP contribution in [0.5, 0.6) is 0 Å². The number of carbonyl (C=O) groups excluding carboxylic acids is 3. The molecule has 0 N–H and O–H groups in total. The number of ketones is 3. The standard InChI is InChI=1S/C21H30O3/c1-5-6-7-11-17-14-19(22)18(21(24)20(17)23)13-12-16(4)10-8-9-15(2)3/h9,12,14,18H,5-8,10-11,13H2,1-4H3/b16-12+. The molecule has 0 saturated carbocycles. The summed E-state index contributed by atoms with van der Waals surface area (Å²) in [5.41, 5.74) is 2.84. The van der Waals surface area contributed by atoms with Gasteiger partial charge >= 0.3 is 0 Å². The van der Waals surface area contributed by atoms with Crippen LogP contribution in [0.2, 0.25) is 0 Å². The molecule has 0 spiro atoms. The van der Waals surface area contributed by atoms with Crippen LogP contribution in [0.15, 0.2) is 34.9 Å². The Morgan fingerprint density at radius 3 is 2.42 bits per heavy atom. The topological polar surface area (TPSA) is 51.2 Å². The fraction of sp³-hybridized carbons (Fsp3) is 0.571. The molecule has 3 nitrogen and oxygen atoms in total. The third kappa shape index (κ3) is 6.38. The van der Waals surface area contributed by atoms with E-state index in [2.05, 4.69) is 26.8 Å². The fourth-order valence-electron chi connectivity index (χ4n) is 2.77. The minimum absolute atomic E-state index is 0.209. The van der Waals surface area contributed by atoms with Gasteiger partial charge in [0, 0.05) is 5.57 Å². The normalized spacial score (nSPS) is 18.7. The lowest BCUT2D eigenvalue weighted by Crippen LogP contribution is -2.35. The molecule has 1 unspecified atom stereocenters. The van der Waals surface area contributed by atoms with E-state index in [9.17, 15) is 14.4 Å². The summed E-state index contributed by atoms with van der Waals surface area (Å²) in [4.78, 5) is 36.6. The van der Waals surface area contributed by atoms with E-state index in [-0.39, 0.29) is 5.78 Å². The maximum Gasteiger partial charge on any atom is 0.225 e. The Labute approximate surface area is 145 Å². The van der Waals surface area contributed by atoms with Crippen LogP contribution < -0.4 is 0 Å². The molecule has 0 aliphatic heterocycles. The Morgan fingerprint density at radius 1 is 1.08 bits per heavy atom. The van der Waals surface area contributed by atoms with Gasteiger partial charge in [-0.3, -0.25) is 14.4 Å². The number of unbranched alkanes of at least 4 members (excludes halogenated alkanes) is 2. The predicted molar refractivity (Wildman–Crippen MR) is 97.8 cm³/mol. The lowest BCUT2D eigenvalue weighted by Gasteiger charge is -2.17. The Bertz CT molecular complexity index is 572. The average molecular weight is 330 g/mol. The van der Waals surface area contributed by atoms with Crippen molar-refractivity contribution in [3.05, 3.63) is 34.9 Å². The van der Waals surface area contributed by atoms with Crippen LogP contribution in [0.25, 0.3) is 0 Å². The molecule has 0 bridgehead atoms. The number of Topliss-reactive ketones (excluding diaryl/α,β-unsaturated/α-hetero) is 2. The molecule has 1 aliphatic carbocycles. The summed E-state index contributed by atoms with van der Waals surface area (Å²) < 4.78 is 0. The third-order valence-electron chi connectivity index (χ3n) is 4.33. The first-order valence-corrected chi connectivity index (χ1v) is 8.98. The zero-order valence-electron chi connectivity index (χ0n) is 15.5. The lowest BCUT2D eigenvalue weighted by molar-refractivity contribution is -0.141. The molecule has 24 heavy (non-hydrogen) atoms. The Balaban J connectivity index is 2.66. The van der Waals surface area contributed by atoms with Crippen LogP contribution in [0.1, 0.15) is 72.6 Å². The van der Waals surface area contributed by atoms with Crippen LogP contribution in [-0.2, 0) is 14.4 Å². The van der Waals surface area contributed by atoms with Crippen molar-refractivity contribution >= 4 is 17.3 Å². The third-order valence-corrected chi connectivity index (χ3v) is 4.33. The van der Waals surface area contributed by atoms with E-state index in [4.69, 9.17) is 0 Å². The Kier molecular flexibility index (Phi) is 8.59. The number of carbonyl (C=O) groups is 3. The largest absolute Gasteiger partial charge is 0.294 e. The maximum absolute atomic E-state index is 12.2. The molecular weight excluding hydrogens is 300 g/mol. The molecule has 0 aromatic carbocycles. The van der Waals surface area contributed by atoms with Crippen molar-refractivity contribution in [1.82, 2.24) is 0 Å². The predicted octanol–water partition coefficient (Wildman–Crippen LogP) is 4.91. The highest BCUT2D eigenvalue weighted by molar-refractivity contribution is 6.50. The van der Waals surface area contributed by atoms with Gasteiger partial charge in [0.1, 0.15) is 0 Å². The van der Waals surface area contributed by atoms with Crippen molar-refractivity contribution in [1.29, 1.82) is 0 Å². The summed E-state index contributed by atoms with van der Waals surface area (Å²) in [7, 11) is 0. The van der Waals surface area contributed by atoms with Crippen LogP contribution >= 0.6 is 0 Å². The summed E-state index contributed by atoms with van der Waals surface area (Å²) in [6, 6.07) is 0. The van der Waals surface area contributed by atoms with E-state index in [1.165, 1.54) is 11.6 Å². The highest BCUT2D eigenvalue weighted by Crippen LogP contribution is 2.23. The molecule has 0 fully saturated rings. The van der Waals surface area contributed by atoms with Crippen molar-refractivity contribution in [3.63, 3.8) is 0 Å². The SMILES string of the molecule is CCCCCC1=CC(=O)C(C/C=C(\C)CCC=C(C)C)C(=O)C1=O. The molecule has 3 heteroatoms. The molecule has 1 atom stereocenters. The van der Waals surface area contributed by atoms with Gasteiger partial charge in [-0.05, 0) is 59.0 Å². The minimum atomic E-state index is -0.814. The van der Waals surface area contributed by atoms with Crippen molar-refractivity contribution in [2.45, 2.75) is 72.6 Å².